The van der Waals surface area contributed by atoms with Gasteiger partial charge in [-0.25, -0.2) is 0 Å². The van der Waals surface area contributed by atoms with Gasteiger partial charge in [-0.15, -0.1) is 11.8 Å². The molecule has 82 valence electrons. The first kappa shape index (κ1) is 11.5. The van der Waals surface area contributed by atoms with Crippen molar-refractivity contribution in [3.05, 3.63) is 35.9 Å². The minimum Gasteiger partial charge on any atom is -0.423 e. The number of benzene rings is 2. The van der Waals surface area contributed by atoms with Gasteiger partial charge in [-0.05, 0) is 41.0 Å². The van der Waals surface area contributed by atoms with Crippen LogP contribution in [0.5, 0.6) is 0 Å². The zero-order valence-corrected chi connectivity index (χ0v) is 10.1. The summed E-state index contributed by atoms with van der Waals surface area (Å²) in [6.07, 6.45) is 1.94. The van der Waals surface area contributed by atoms with Gasteiger partial charge in [0.2, 0.25) is 0 Å². The van der Waals surface area contributed by atoms with E-state index < -0.39 is 7.12 Å². The highest BCUT2D eigenvalue weighted by Crippen LogP contribution is 2.23. The molecule has 0 atom stereocenters. The van der Waals surface area contributed by atoms with Gasteiger partial charge in [0.15, 0.2) is 0 Å². The molecule has 2 nitrogen and oxygen atoms in total. The Balaban J connectivity index is 2.75. The minimum atomic E-state index is -1.41. The fourth-order valence-electron chi connectivity index (χ4n) is 1.86. The van der Waals surface area contributed by atoms with Gasteiger partial charge in [-0.2, -0.15) is 0 Å². The molecule has 0 unspecified atom stereocenters. The van der Waals surface area contributed by atoms with E-state index in [4.69, 9.17) is 0 Å². The lowest BCUT2D eigenvalue weighted by atomic mass is 9.79. The SMILES string of the molecule is CSc1cc2c(C)cccc2cc1B(O)O. The van der Waals surface area contributed by atoms with E-state index in [9.17, 15) is 10.0 Å². The fraction of sp³-hybridized carbons (Fsp3) is 0.167. The summed E-state index contributed by atoms with van der Waals surface area (Å²) in [5.74, 6) is 0. The molecule has 0 fully saturated rings. The summed E-state index contributed by atoms with van der Waals surface area (Å²) in [5.41, 5.74) is 1.78. The Morgan fingerprint density at radius 2 is 1.94 bits per heavy atom. The van der Waals surface area contributed by atoms with Gasteiger partial charge in [-0.3, -0.25) is 0 Å². The molecule has 0 heterocycles. The Morgan fingerprint density at radius 3 is 2.56 bits per heavy atom. The van der Waals surface area contributed by atoms with Gasteiger partial charge in [0, 0.05) is 4.90 Å². The third-order valence-electron chi connectivity index (χ3n) is 2.73. The molecule has 0 amide bonds. The van der Waals surface area contributed by atoms with Crippen LogP contribution >= 0.6 is 11.8 Å². The normalized spacial score (nSPS) is 10.8. The summed E-state index contributed by atoms with van der Waals surface area (Å²) < 4.78 is 0. The molecule has 0 saturated heterocycles. The standard InChI is InChI=1S/C12H13BO2S/c1-8-4-3-5-9-6-11(13(14)15)12(16-2)7-10(8)9/h3-7,14-15H,1-2H3. The average Bonchev–Trinajstić information content (AvgIpc) is 2.28. The average molecular weight is 232 g/mol. The molecule has 2 aromatic rings. The third kappa shape index (κ3) is 1.96. The molecule has 0 saturated carbocycles. The molecule has 0 aliphatic carbocycles. The summed E-state index contributed by atoms with van der Waals surface area (Å²) in [5, 5.41) is 20.8. The molecule has 0 bridgehead atoms. The predicted octanol–water partition coefficient (Wildman–Crippen LogP) is 1.55. The van der Waals surface area contributed by atoms with Gasteiger partial charge >= 0.3 is 7.12 Å². The highest BCUT2D eigenvalue weighted by molar-refractivity contribution is 7.98. The largest absolute Gasteiger partial charge is 0.489 e. The van der Waals surface area contributed by atoms with Crippen LogP contribution in [0.3, 0.4) is 0 Å². The van der Waals surface area contributed by atoms with E-state index >= 15 is 0 Å². The second-order valence-electron chi connectivity index (χ2n) is 3.76. The van der Waals surface area contributed by atoms with Crippen molar-refractivity contribution in [1.82, 2.24) is 0 Å². The van der Waals surface area contributed by atoms with Crippen LogP contribution in [0.15, 0.2) is 35.2 Å². The number of hydrogen-bond acceptors (Lipinski definition) is 3. The maximum absolute atomic E-state index is 9.31. The van der Waals surface area contributed by atoms with E-state index in [-0.39, 0.29) is 0 Å². The summed E-state index contributed by atoms with van der Waals surface area (Å²) in [7, 11) is -1.41. The van der Waals surface area contributed by atoms with Crippen LogP contribution in [-0.4, -0.2) is 23.4 Å². The van der Waals surface area contributed by atoms with Gasteiger partial charge in [0.25, 0.3) is 0 Å². The van der Waals surface area contributed by atoms with E-state index in [1.165, 1.54) is 17.3 Å². The van der Waals surface area contributed by atoms with Crippen molar-refractivity contribution in [3.8, 4) is 0 Å². The van der Waals surface area contributed by atoms with E-state index in [1.54, 1.807) is 0 Å². The highest BCUT2D eigenvalue weighted by Gasteiger charge is 2.16. The van der Waals surface area contributed by atoms with Crippen molar-refractivity contribution in [2.24, 2.45) is 0 Å². The molecule has 16 heavy (non-hydrogen) atoms. The Labute approximate surface area is 99.4 Å². The van der Waals surface area contributed by atoms with Crippen molar-refractivity contribution in [2.75, 3.05) is 6.26 Å². The number of thioether (sulfide) groups is 1. The molecule has 0 aliphatic heterocycles. The van der Waals surface area contributed by atoms with E-state index in [1.807, 2.05) is 30.5 Å². The molecular weight excluding hydrogens is 219 g/mol. The molecule has 0 aromatic heterocycles. The number of fused-ring (bicyclic) bond motifs is 1. The minimum absolute atomic E-state index is 0.575. The summed E-state index contributed by atoms with van der Waals surface area (Å²) in [6, 6.07) is 9.88. The van der Waals surface area contributed by atoms with Gasteiger partial charge in [0.1, 0.15) is 0 Å². The maximum Gasteiger partial charge on any atom is 0.489 e. The van der Waals surface area contributed by atoms with Gasteiger partial charge in [-0.1, -0.05) is 24.3 Å². The van der Waals surface area contributed by atoms with E-state index in [2.05, 4.69) is 13.0 Å². The predicted molar refractivity (Wildman–Crippen MR) is 70.3 cm³/mol. The van der Waals surface area contributed by atoms with Crippen LogP contribution in [-0.2, 0) is 0 Å². The smallest absolute Gasteiger partial charge is 0.423 e. The van der Waals surface area contributed by atoms with Crippen molar-refractivity contribution in [3.63, 3.8) is 0 Å². The Bertz CT molecular complexity index is 526. The highest BCUT2D eigenvalue weighted by atomic mass is 32.2. The lowest BCUT2D eigenvalue weighted by Gasteiger charge is -2.10. The Kier molecular flexibility index (Phi) is 3.24. The van der Waals surface area contributed by atoms with Crippen LogP contribution in [0.2, 0.25) is 0 Å². The van der Waals surface area contributed by atoms with E-state index in [0.717, 1.165) is 15.7 Å². The quantitative estimate of drug-likeness (QED) is 0.609. The molecule has 0 spiro atoms. The molecule has 4 heteroatoms. The van der Waals surface area contributed by atoms with Gasteiger partial charge < -0.3 is 10.0 Å². The second kappa shape index (κ2) is 4.49. The zero-order valence-electron chi connectivity index (χ0n) is 9.27. The molecule has 0 radical (unpaired) electrons. The van der Waals surface area contributed by atoms with Crippen LogP contribution in [0.4, 0.5) is 0 Å². The molecular formula is C12H13BO2S. The van der Waals surface area contributed by atoms with Crippen molar-refractivity contribution < 1.29 is 10.0 Å². The van der Waals surface area contributed by atoms with Crippen molar-refractivity contribution >= 4 is 35.1 Å². The molecule has 2 aromatic carbocycles. The van der Waals surface area contributed by atoms with Crippen LogP contribution in [0.25, 0.3) is 10.8 Å². The third-order valence-corrected chi connectivity index (χ3v) is 3.52. The summed E-state index contributed by atoms with van der Waals surface area (Å²) in [6.45, 7) is 2.06. The maximum atomic E-state index is 9.31. The summed E-state index contributed by atoms with van der Waals surface area (Å²) in [4.78, 5) is 0.914. The number of aryl methyl sites for hydroxylation is 1. The molecule has 0 aliphatic rings. The Hall–Kier alpha value is -0.965. The number of rotatable bonds is 2. The van der Waals surface area contributed by atoms with Crippen LogP contribution in [0, 0.1) is 6.92 Å². The number of hydrogen-bond donors (Lipinski definition) is 2. The lowest BCUT2D eigenvalue weighted by Crippen LogP contribution is -2.31. The van der Waals surface area contributed by atoms with Crippen LogP contribution < -0.4 is 5.46 Å². The first-order valence-electron chi connectivity index (χ1n) is 5.07. The van der Waals surface area contributed by atoms with Crippen molar-refractivity contribution in [2.45, 2.75) is 11.8 Å². The first-order chi connectivity index (χ1) is 7.63. The fourth-order valence-corrected chi connectivity index (χ4v) is 2.49. The molecule has 2 N–H and O–H groups in total. The van der Waals surface area contributed by atoms with Crippen molar-refractivity contribution in [1.29, 1.82) is 0 Å². The van der Waals surface area contributed by atoms with Crippen LogP contribution in [0.1, 0.15) is 5.56 Å². The monoisotopic (exact) mass is 232 g/mol. The summed E-state index contributed by atoms with van der Waals surface area (Å²) >= 11 is 1.53. The van der Waals surface area contributed by atoms with Gasteiger partial charge in [0.05, 0.1) is 0 Å². The zero-order chi connectivity index (χ0) is 11.7. The lowest BCUT2D eigenvalue weighted by molar-refractivity contribution is 0.425. The van der Waals surface area contributed by atoms with E-state index in [0.29, 0.717) is 5.46 Å². The topological polar surface area (TPSA) is 40.5 Å². The molecule has 2 rings (SSSR count). The first-order valence-corrected chi connectivity index (χ1v) is 6.29. The Morgan fingerprint density at radius 1 is 1.19 bits per heavy atom. The second-order valence-corrected chi connectivity index (χ2v) is 4.61.